The number of hydrogen-bond acceptors (Lipinski definition) is 4. The largest absolute Gasteiger partial charge is 0.496 e. The normalized spacial score (nSPS) is 10.2. The molecule has 6 nitrogen and oxygen atoms in total. The number of hydrogen-bond donors (Lipinski definition) is 2. The summed E-state index contributed by atoms with van der Waals surface area (Å²) in [6.07, 6.45) is 2.96. The van der Waals surface area contributed by atoms with Crippen molar-refractivity contribution in [1.82, 2.24) is 5.32 Å². The Morgan fingerprint density at radius 2 is 1.88 bits per heavy atom. The van der Waals surface area contributed by atoms with Crippen molar-refractivity contribution in [1.29, 1.82) is 5.26 Å². The topological polar surface area (TPSA) is 91.2 Å². The number of rotatable bonds is 7. The Hall–Kier alpha value is -3.59. The fourth-order valence-electron chi connectivity index (χ4n) is 2.20. The molecule has 0 aliphatic heterocycles. The number of anilines is 1. The van der Waals surface area contributed by atoms with Crippen LogP contribution < -0.4 is 15.4 Å². The third kappa shape index (κ3) is 5.80. The van der Waals surface area contributed by atoms with Gasteiger partial charge in [-0.2, -0.15) is 5.26 Å². The van der Waals surface area contributed by atoms with Gasteiger partial charge in [0, 0.05) is 23.9 Å². The van der Waals surface area contributed by atoms with E-state index < -0.39 is 0 Å². The van der Waals surface area contributed by atoms with Gasteiger partial charge >= 0.3 is 0 Å². The minimum absolute atomic E-state index is 0.184. The van der Waals surface area contributed by atoms with Gasteiger partial charge < -0.3 is 15.4 Å². The summed E-state index contributed by atoms with van der Waals surface area (Å²) in [5, 5.41) is 13.9. The third-order valence-electron chi connectivity index (χ3n) is 3.50. The number of amides is 2. The number of carbonyl (C=O) groups excluding carboxylic acids is 2. The lowest BCUT2D eigenvalue weighted by Crippen LogP contribution is -2.20. The Balaban J connectivity index is 1.86. The first-order valence-corrected chi connectivity index (χ1v) is 7.97. The number of nitrogens with one attached hydrogen (secondary N) is 2. The van der Waals surface area contributed by atoms with Gasteiger partial charge in [-0.05, 0) is 29.8 Å². The number of methoxy groups -OCH3 is 1. The van der Waals surface area contributed by atoms with Crippen LogP contribution >= 0.6 is 0 Å². The van der Waals surface area contributed by atoms with E-state index in [0.717, 1.165) is 11.1 Å². The van der Waals surface area contributed by atoms with Gasteiger partial charge in [-0.15, -0.1) is 0 Å². The second-order valence-electron chi connectivity index (χ2n) is 5.37. The van der Waals surface area contributed by atoms with E-state index in [1.807, 2.05) is 24.3 Å². The van der Waals surface area contributed by atoms with E-state index in [-0.39, 0.29) is 18.2 Å². The van der Waals surface area contributed by atoms with Gasteiger partial charge in [0.05, 0.1) is 13.2 Å². The quantitative estimate of drug-likeness (QED) is 0.752. The zero-order valence-corrected chi connectivity index (χ0v) is 14.4. The average molecular weight is 349 g/mol. The fourth-order valence-corrected chi connectivity index (χ4v) is 2.20. The van der Waals surface area contributed by atoms with E-state index in [2.05, 4.69) is 10.6 Å². The first-order chi connectivity index (χ1) is 12.6. The van der Waals surface area contributed by atoms with Crippen LogP contribution in [0.2, 0.25) is 0 Å². The predicted molar refractivity (Wildman–Crippen MR) is 99.2 cm³/mol. The van der Waals surface area contributed by atoms with E-state index in [0.29, 0.717) is 18.0 Å². The maximum Gasteiger partial charge on any atom is 0.244 e. The highest BCUT2D eigenvalue weighted by molar-refractivity contribution is 5.92. The zero-order chi connectivity index (χ0) is 18.8. The summed E-state index contributed by atoms with van der Waals surface area (Å²) >= 11 is 0. The molecule has 0 aliphatic rings. The number of ether oxygens (including phenoxy) is 1. The lowest BCUT2D eigenvalue weighted by Gasteiger charge is -2.06. The van der Waals surface area contributed by atoms with E-state index in [9.17, 15) is 9.59 Å². The van der Waals surface area contributed by atoms with Crippen LogP contribution in [0, 0.1) is 11.3 Å². The Labute approximate surface area is 152 Å². The maximum atomic E-state index is 11.9. The standard InChI is InChI=1S/C20H19N3O3/c1-26-18-5-3-2-4-16(18)8-11-19(24)22-14-15-6-9-17(10-7-15)23-20(25)12-13-21/h2-11H,12,14H2,1H3,(H,22,24)(H,23,25)/b11-8+. The monoisotopic (exact) mass is 349 g/mol. The molecule has 2 rings (SSSR count). The summed E-state index contributed by atoms with van der Waals surface area (Å²) in [5.74, 6) is 0.128. The highest BCUT2D eigenvalue weighted by atomic mass is 16.5. The lowest BCUT2D eigenvalue weighted by atomic mass is 10.2. The van der Waals surface area contributed by atoms with Gasteiger partial charge in [0.1, 0.15) is 12.2 Å². The van der Waals surface area contributed by atoms with Crippen LogP contribution in [0.15, 0.2) is 54.6 Å². The van der Waals surface area contributed by atoms with Crippen LogP contribution in [0.1, 0.15) is 17.5 Å². The lowest BCUT2D eigenvalue weighted by molar-refractivity contribution is -0.117. The van der Waals surface area contributed by atoms with Gasteiger partial charge in [-0.3, -0.25) is 9.59 Å². The molecule has 0 aliphatic carbocycles. The fraction of sp³-hybridized carbons (Fsp3) is 0.150. The summed E-state index contributed by atoms with van der Waals surface area (Å²) in [4.78, 5) is 23.3. The molecular formula is C20H19N3O3. The van der Waals surface area contributed by atoms with Gasteiger partial charge in [0.25, 0.3) is 0 Å². The molecule has 2 aromatic rings. The van der Waals surface area contributed by atoms with Crippen molar-refractivity contribution in [3.8, 4) is 11.8 Å². The van der Waals surface area contributed by atoms with Crippen LogP contribution in [0.4, 0.5) is 5.69 Å². The van der Waals surface area contributed by atoms with Crippen molar-refractivity contribution in [2.75, 3.05) is 12.4 Å². The Kier molecular flexibility index (Phi) is 6.95. The number of para-hydroxylation sites is 1. The van der Waals surface area contributed by atoms with Gasteiger partial charge in [0.2, 0.25) is 11.8 Å². The van der Waals surface area contributed by atoms with Crippen molar-refractivity contribution in [2.24, 2.45) is 0 Å². The molecular weight excluding hydrogens is 330 g/mol. The molecule has 0 spiro atoms. The van der Waals surface area contributed by atoms with Crippen molar-refractivity contribution < 1.29 is 14.3 Å². The van der Waals surface area contributed by atoms with Crippen molar-refractivity contribution in [3.63, 3.8) is 0 Å². The molecule has 0 atom stereocenters. The minimum atomic E-state index is -0.352. The zero-order valence-electron chi connectivity index (χ0n) is 14.4. The number of nitrogens with zero attached hydrogens (tertiary/aromatic N) is 1. The van der Waals surface area contributed by atoms with Gasteiger partial charge in [0.15, 0.2) is 0 Å². The van der Waals surface area contributed by atoms with Crippen molar-refractivity contribution in [2.45, 2.75) is 13.0 Å². The van der Waals surface area contributed by atoms with Crippen molar-refractivity contribution in [3.05, 3.63) is 65.7 Å². The second-order valence-corrected chi connectivity index (χ2v) is 5.37. The molecule has 6 heteroatoms. The third-order valence-corrected chi connectivity index (χ3v) is 3.50. The SMILES string of the molecule is COc1ccccc1/C=C/C(=O)NCc1ccc(NC(=O)CC#N)cc1. The van der Waals surface area contributed by atoms with Crippen LogP contribution in [0.5, 0.6) is 5.75 Å². The summed E-state index contributed by atoms with van der Waals surface area (Å²) in [5.41, 5.74) is 2.32. The highest BCUT2D eigenvalue weighted by Crippen LogP contribution is 2.18. The molecule has 2 N–H and O–H groups in total. The molecule has 0 radical (unpaired) electrons. The molecule has 132 valence electrons. The van der Waals surface area contributed by atoms with Gasteiger partial charge in [-0.25, -0.2) is 0 Å². The highest BCUT2D eigenvalue weighted by Gasteiger charge is 2.02. The van der Waals surface area contributed by atoms with E-state index in [4.69, 9.17) is 10.00 Å². The second kappa shape index (κ2) is 9.64. The molecule has 0 saturated carbocycles. The molecule has 0 saturated heterocycles. The molecule has 0 fully saturated rings. The Morgan fingerprint density at radius 1 is 1.15 bits per heavy atom. The first kappa shape index (κ1) is 18.7. The van der Waals surface area contributed by atoms with E-state index in [1.54, 1.807) is 43.5 Å². The molecule has 0 heterocycles. The average Bonchev–Trinajstić information content (AvgIpc) is 2.66. The van der Waals surface area contributed by atoms with E-state index >= 15 is 0 Å². The van der Waals surface area contributed by atoms with Gasteiger partial charge in [-0.1, -0.05) is 30.3 Å². The summed E-state index contributed by atoms with van der Waals surface area (Å²) in [6, 6.07) is 16.3. The molecule has 0 bridgehead atoms. The first-order valence-electron chi connectivity index (χ1n) is 7.97. The molecule has 0 aromatic heterocycles. The maximum absolute atomic E-state index is 11.9. The van der Waals surface area contributed by atoms with E-state index in [1.165, 1.54) is 6.08 Å². The molecule has 26 heavy (non-hydrogen) atoms. The minimum Gasteiger partial charge on any atom is -0.496 e. The van der Waals surface area contributed by atoms with Crippen LogP contribution in [-0.2, 0) is 16.1 Å². The number of nitriles is 1. The molecule has 2 aromatic carbocycles. The summed E-state index contributed by atoms with van der Waals surface area (Å²) in [6.45, 7) is 0.363. The molecule has 2 amide bonds. The van der Waals surface area contributed by atoms with Crippen LogP contribution in [-0.4, -0.2) is 18.9 Å². The van der Waals surface area contributed by atoms with Crippen LogP contribution in [0.25, 0.3) is 6.08 Å². The number of benzene rings is 2. The Bertz CT molecular complexity index is 836. The summed E-state index contributed by atoms with van der Waals surface area (Å²) in [7, 11) is 1.58. The van der Waals surface area contributed by atoms with Crippen molar-refractivity contribution >= 4 is 23.6 Å². The number of carbonyl (C=O) groups is 2. The smallest absolute Gasteiger partial charge is 0.244 e. The van der Waals surface area contributed by atoms with Crippen LogP contribution in [0.3, 0.4) is 0 Å². The summed E-state index contributed by atoms with van der Waals surface area (Å²) < 4.78 is 5.23. The Morgan fingerprint density at radius 3 is 2.58 bits per heavy atom. The molecule has 0 unspecified atom stereocenters. The predicted octanol–water partition coefficient (Wildman–Crippen LogP) is 2.88.